The minimum Gasteiger partial charge on any atom is -0.486 e. The molecule has 0 bridgehead atoms. The highest BCUT2D eigenvalue weighted by Crippen LogP contribution is 2.31. The molecule has 2 heterocycles. The summed E-state index contributed by atoms with van der Waals surface area (Å²) >= 11 is 0. The van der Waals surface area contributed by atoms with Crippen molar-refractivity contribution in [2.24, 2.45) is 0 Å². The first-order valence-electron chi connectivity index (χ1n) is 7.11. The number of rotatable bonds is 2. The molecule has 1 atom stereocenters. The zero-order valence-corrected chi connectivity index (χ0v) is 11.4. The van der Waals surface area contributed by atoms with Crippen LogP contribution in [0.15, 0.2) is 18.2 Å². The van der Waals surface area contributed by atoms with E-state index in [1.807, 2.05) is 0 Å². The Morgan fingerprint density at radius 3 is 2.85 bits per heavy atom. The first-order chi connectivity index (χ1) is 9.79. The van der Waals surface area contributed by atoms with Gasteiger partial charge in [-0.05, 0) is 37.5 Å². The van der Waals surface area contributed by atoms with Crippen LogP contribution in [0.1, 0.15) is 29.6 Å². The average molecular weight is 277 g/mol. The lowest BCUT2D eigenvalue weighted by Gasteiger charge is -2.34. The molecule has 2 aliphatic rings. The number of likely N-dealkylation sites (tertiary alicyclic amines) is 1. The van der Waals surface area contributed by atoms with Gasteiger partial charge in [-0.3, -0.25) is 4.79 Å². The van der Waals surface area contributed by atoms with Crippen molar-refractivity contribution >= 4 is 5.91 Å². The highest BCUT2D eigenvalue weighted by atomic mass is 16.6. The van der Waals surface area contributed by atoms with Gasteiger partial charge in [0.05, 0.1) is 12.6 Å². The highest BCUT2D eigenvalue weighted by molar-refractivity contribution is 5.95. The number of aliphatic hydroxyl groups excluding tert-OH is 1. The van der Waals surface area contributed by atoms with Gasteiger partial charge < -0.3 is 19.5 Å². The second-order valence-corrected chi connectivity index (χ2v) is 5.19. The summed E-state index contributed by atoms with van der Waals surface area (Å²) in [5, 5.41) is 9.41. The summed E-state index contributed by atoms with van der Waals surface area (Å²) in [7, 11) is 0. The Kier molecular flexibility index (Phi) is 3.78. The minimum absolute atomic E-state index is 0.0241. The molecule has 0 spiro atoms. The molecule has 0 radical (unpaired) electrons. The Labute approximate surface area is 118 Å². The van der Waals surface area contributed by atoms with Gasteiger partial charge in [-0.1, -0.05) is 0 Å². The number of ether oxygens (including phenoxy) is 2. The average Bonchev–Trinajstić information content (AvgIpc) is 2.53. The second kappa shape index (κ2) is 5.71. The monoisotopic (exact) mass is 277 g/mol. The maximum atomic E-state index is 12.6. The van der Waals surface area contributed by atoms with Gasteiger partial charge in [0.25, 0.3) is 5.91 Å². The zero-order chi connectivity index (χ0) is 13.9. The van der Waals surface area contributed by atoms with Crippen LogP contribution in [0.4, 0.5) is 0 Å². The minimum atomic E-state index is -0.0653. The van der Waals surface area contributed by atoms with E-state index in [1.54, 1.807) is 23.1 Å². The molecule has 0 saturated carbocycles. The molecule has 3 rings (SSSR count). The molecule has 1 amide bonds. The zero-order valence-electron chi connectivity index (χ0n) is 11.4. The van der Waals surface area contributed by atoms with Gasteiger partial charge >= 0.3 is 0 Å². The third kappa shape index (κ3) is 2.45. The summed E-state index contributed by atoms with van der Waals surface area (Å²) < 4.78 is 11.0. The van der Waals surface area contributed by atoms with Crippen LogP contribution in [0, 0.1) is 0 Å². The molecule has 1 fully saturated rings. The number of nitrogens with zero attached hydrogens (tertiary/aromatic N) is 1. The smallest absolute Gasteiger partial charge is 0.254 e. The molecule has 20 heavy (non-hydrogen) atoms. The number of carbonyl (C=O) groups excluding carboxylic acids is 1. The van der Waals surface area contributed by atoms with E-state index in [2.05, 4.69) is 0 Å². The molecule has 1 saturated heterocycles. The first kappa shape index (κ1) is 13.2. The largest absolute Gasteiger partial charge is 0.486 e. The number of fused-ring (bicyclic) bond motifs is 1. The fourth-order valence-corrected chi connectivity index (χ4v) is 2.80. The summed E-state index contributed by atoms with van der Waals surface area (Å²) in [5.41, 5.74) is 0.592. The second-order valence-electron chi connectivity index (χ2n) is 5.19. The van der Waals surface area contributed by atoms with Crippen LogP contribution in [0.25, 0.3) is 0 Å². The number of benzene rings is 1. The van der Waals surface area contributed by atoms with E-state index in [0.29, 0.717) is 36.8 Å². The number of hydrogen-bond acceptors (Lipinski definition) is 4. The molecule has 0 aliphatic carbocycles. The third-order valence-electron chi connectivity index (χ3n) is 3.89. The number of carbonyl (C=O) groups is 1. The van der Waals surface area contributed by atoms with Gasteiger partial charge in [0.2, 0.25) is 0 Å². The van der Waals surface area contributed by atoms with Crippen molar-refractivity contribution in [2.75, 3.05) is 26.4 Å². The Morgan fingerprint density at radius 1 is 1.25 bits per heavy atom. The molecule has 0 aromatic heterocycles. The van der Waals surface area contributed by atoms with Crippen LogP contribution in [0.2, 0.25) is 0 Å². The summed E-state index contributed by atoms with van der Waals surface area (Å²) in [4.78, 5) is 14.3. The van der Waals surface area contributed by atoms with Crippen LogP contribution in [0.3, 0.4) is 0 Å². The van der Waals surface area contributed by atoms with E-state index in [4.69, 9.17) is 9.47 Å². The van der Waals surface area contributed by atoms with Crippen molar-refractivity contribution in [2.45, 2.75) is 25.3 Å². The van der Waals surface area contributed by atoms with Gasteiger partial charge in [-0.15, -0.1) is 0 Å². The van der Waals surface area contributed by atoms with Crippen molar-refractivity contribution in [3.05, 3.63) is 23.8 Å². The summed E-state index contributed by atoms with van der Waals surface area (Å²) in [6.45, 7) is 1.78. The molecular formula is C15H19NO4. The lowest BCUT2D eigenvalue weighted by Crippen LogP contribution is -2.45. The predicted octanol–water partition coefficient (Wildman–Crippen LogP) is 1.44. The fourth-order valence-electron chi connectivity index (χ4n) is 2.80. The van der Waals surface area contributed by atoms with E-state index >= 15 is 0 Å². The molecule has 108 valence electrons. The molecule has 1 aromatic carbocycles. The van der Waals surface area contributed by atoms with Crippen LogP contribution in [-0.2, 0) is 0 Å². The summed E-state index contributed by atoms with van der Waals surface area (Å²) in [6.07, 6.45) is 2.93. The van der Waals surface area contributed by atoms with Gasteiger partial charge in [-0.2, -0.15) is 0 Å². The summed E-state index contributed by atoms with van der Waals surface area (Å²) in [6, 6.07) is 5.21. The highest BCUT2D eigenvalue weighted by Gasteiger charge is 2.27. The molecule has 5 heteroatoms. The molecule has 5 nitrogen and oxygen atoms in total. The molecule has 2 aliphatic heterocycles. The third-order valence-corrected chi connectivity index (χ3v) is 3.89. The normalized spacial score (nSPS) is 21.6. The predicted molar refractivity (Wildman–Crippen MR) is 73.2 cm³/mol. The Bertz CT molecular complexity index is 503. The van der Waals surface area contributed by atoms with Crippen molar-refractivity contribution in [3.63, 3.8) is 0 Å². The van der Waals surface area contributed by atoms with Crippen LogP contribution < -0.4 is 9.47 Å². The lowest BCUT2D eigenvalue weighted by atomic mass is 10.0. The van der Waals surface area contributed by atoms with Crippen LogP contribution in [-0.4, -0.2) is 48.3 Å². The van der Waals surface area contributed by atoms with E-state index in [1.165, 1.54) is 0 Å². The maximum absolute atomic E-state index is 12.6. The van der Waals surface area contributed by atoms with Gasteiger partial charge in [0.15, 0.2) is 11.5 Å². The van der Waals surface area contributed by atoms with Crippen LogP contribution in [0.5, 0.6) is 11.5 Å². The first-order valence-corrected chi connectivity index (χ1v) is 7.11. The molecule has 1 N–H and O–H groups in total. The topological polar surface area (TPSA) is 59.0 Å². The Balaban J connectivity index is 1.82. The Hall–Kier alpha value is -1.75. The number of hydrogen-bond donors (Lipinski definition) is 1. The Morgan fingerprint density at radius 2 is 2.05 bits per heavy atom. The number of piperidine rings is 1. The van der Waals surface area contributed by atoms with Gasteiger partial charge in [-0.25, -0.2) is 0 Å². The number of aliphatic hydroxyl groups is 1. The number of amides is 1. The molecule has 1 aromatic rings. The van der Waals surface area contributed by atoms with Crippen molar-refractivity contribution in [1.82, 2.24) is 4.90 Å². The standard InChI is InChI=1S/C15H19NO4/c17-10-12-3-1-2-6-16(12)15(18)11-4-5-13-14(9-11)20-8-7-19-13/h4-5,9,12,17H,1-3,6-8,10H2/t12-/m0/s1. The SMILES string of the molecule is O=C(c1ccc2c(c1)OCCO2)N1CCCC[C@H]1CO. The van der Waals surface area contributed by atoms with E-state index in [9.17, 15) is 9.90 Å². The van der Waals surface area contributed by atoms with Gasteiger partial charge in [0.1, 0.15) is 13.2 Å². The summed E-state index contributed by atoms with van der Waals surface area (Å²) in [5.74, 6) is 1.27. The quantitative estimate of drug-likeness (QED) is 0.888. The lowest BCUT2D eigenvalue weighted by molar-refractivity contribution is 0.0502. The van der Waals surface area contributed by atoms with Crippen molar-refractivity contribution < 1.29 is 19.4 Å². The van der Waals surface area contributed by atoms with Crippen LogP contribution >= 0.6 is 0 Å². The van der Waals surface area contributed by atoms with Gasteiger partial charge in [0, 0.05) is 12.1 Å². The fraction of sp³-hybridized carbons (Fsp3) is 0.533. The van der Waals surface area contributed by atoms with E-state index in [-0.39, 0.29) is 18.6 Å². The van der Waals surface area contributed by atoms with Crippen molar-refractivity contribution in [1.29, 1.82) is 0 Å². The molecular weight excluding hydrogens is 258 g/mol. The van der Waals surface area contributed by atoms with E-state index < -0.39 is 0 Å². The van der Waals surface area contributed by atoms with E-state index in [0.717, 1.165) is 19.3 Å². The maximum Gasteiger partial charge on any atom is 0.254 e. The molecule has 0 unspecified atom stereocenters. The van der Waals surface area contributed by atoms with Crippen molar-refractivity contribution in [3.8, 4) is 11.5 Å².